The zero-order valence-corrected chi connectivity index (χ0v) is 11.8. The average Bonchev–Trinajstić information content (AvgIpc) is 3.24. The van der Waals surface area contributed by atoms with Crippen LogP contribution < -0.4 is 10.6 Å². The number of piperidine rings is 1. The van der Waals surface area contributed by atoms with Crippen LogP contribution in [0.5, 0.6) is 0 Å². The zero-order valence-electron chi connectivity index (χ0n) is 11.8. The molecule has 1 atom stereocenters. The Balaban J connectivity index is 1.47. The van der Waals surface area contributed by atoms with Gasteiger partial charge in [-0.1, -0.05) is 30.3 Å². The highest BCUT2D eigenvalue weighted by Crippen LogP contribution is 2.18. The van der Waals surface area contributed by atoms with Gasteiger partial charge in [0.15, 0.2) is 0 Å². The first-order valence-corrected chi connectivity index (χ1v) is 7.63. The van der Waals surface area contributed by atoms with Crippen molar-refractivity contribution in [2.75, 3.05) is 13.1 Å². The minimum Gasteiger partial charge on any atom is -0.335 e. The smallest absolute Gasteiger partial charge is 0.315 e. The van der Waals surface area contributed by atoms with Crippen LogP contribution in [0.2, 0.25) is 0 Å². The second-order valence-corrected chi connectivity index (χ2v) is 5.95. The number of urea groups is 1. The SMILES string of the molecule is O=C(NC1CC1)NC1CCCN(Cc2ccccc2)C1. The van der Waals surface area contributed by atoms with Gasteiger partial charge in [0.25, 0.3) is 0 Å². The standard InChI is InChI=1S/C16H23N3O/c20-16(17-14-8-9-14)18-15-7-4-10-19(12-15)11-13-5-2-1-3-6-13/h1-3,5-6,14-15H,4,7-12H2,(H2,17,18,20). The van der Waals surface area contributed by atoms with E-state index < -0.39 is 0 Å². The van der Waals surface area contributed by atoms with Gasteiger partial charge in [0, 0.05) is 25.2 Å². The Kier molecular flexibility index (Phi) is 4.21. The lowest BCUT2D eigenvalue weighted by Gasteiger charge is -2.33. The third-order valence-electron chi connectivity index (χ3n) is 4.00. The molecule has 1 aromatic carbocycles. The maximum atomic E-state index is 11.8. The molecule has 1 aliphatic carbocycles. The normalized spacial score (nSPS) is 23.3. The molecule has 1 saturated carbocycles. The Morgan fingerprint density at radius 2 is 1.85 bits per heavy atom. The van der Waals surface area contributed by atoms with Crippen LogP contribution >= 0.6 is 0 Å². The molecule has 2 fully saturated rings. The van der Waals surface area contributed by atoms with Crippen LogP contribution in [0.4, 0.5) is 4.79 Å². The second kappa shape index (κ2) is 6.27. The summed E-state index contributed by atoms with van der Waals surface area (Å²) in [6, 6.07) is 11.3. The van der Waals surface area contributed by atoms with E-state index in [2.05, 4.69) is 39.8 Å². The zero-order chi connectivity index (χ0) is 13.8. The maximum Gasteiger partial charge on any atom is 0.315 e. The van der Waals surface area contributed by atoms with Gasteiger partial charge in [-0.25, -0.2) is 4.79 Å². The lowest BCUT2D eigenvalue weighted by Crippen LogP contribution is -2.50. The van der Waals surface area contributed by atoms with Crippen molar-refractivity contribution in [2.24, 2.45) is 0 Å². The monoisotopic (exact) mass is 273 g/mol. The molecule has 1 unspecified atom stereocenters. The highest BCUT2D eigenvalue weighted by atomic mass is 16.2. The highest BCUT2D eigenvalue weighted by Gasteiger charge is 2.26. The number of hydrogen-bond donors (Lipinski definition) is 2. The molecule has 20 heavy (non-hydrogen) atoms. The fraction of sp³-hybridized carbons (Fsp3) is 0.562. The highest BCUT2D eigenvalue weighted by molar-refractivity contribution is 5.74. The van der Waals surface area contributed by atoms with E-state index in [0.717, 1.165) is 45.3 Å². The van der Waals surface area contributed by atoms with Gasteiger partial charge in [0.1, 0.15) is 0 Å². The van der Waals surface area contributed by atoms with E-state index in [1.54, 1.807) is 0 Å². The predicted octanol–water partition coefficient (Wildman–Crippen LogP) is 2.11. The Bertz CT molecular complexity index is 444. The van der Waals surface area contributed by atoms with E-state index >= 15 is 0 Å². The number of likely N-dealkylation sites (tertiary alicyclic amines) is 1. The number of carbonyl (C=O) groups is 1. The maximum absolute atomic E-state index is 11.8. The summed E-state index contributed by atoms with van der Waals surface area (Å²) in [7, 11) is 0. The minimum atomic E-state index is 0.0130. The number of rotatable bonds is 4. The minimum absolute atomic E-state index is 0.0130. The quantitative estimate of drug-likeness (QED) is 0.882. The van der Waals surface area contributed by atoms with Gasteiger partial charge >= 0.3 is 6.03 Å². The van der Waals surface area contributed by atoms with Crippen LogP contribution in [0.1, 0.15) is 31.2 Å². The molecule has 1 aliphatic heterocycles. The largest absolute Gasteiger partial charge is 0.335 e. The van der Waals surface area contributed by atoms with Gasteiger partial charge < -0.3 is 10.6 Å². The molecule has 108 valence electrons. The first kappa shape index (κ1) is 13.4. The van der Waals surface area contributed by atoms with Crippen LogP contribution in [0, 0.1) is 0 Å². The summed E-state index contributed by atoms with van der Waals surface area (Å²) in [4.78, 5) is 14.2. The van der Waals surface area contributed by atoms with Gasteiger partial charge in [0.05, 0.1) is 0 Å². The van der Waals surface area contributed by atoms with Crippen molar-refractivity contribution in [3.8, 4) is 0 Å². The molecular weight excluding hydrogens is 250 g/mol. The lowest BCUT2D eigenvalue weighted by atomic mass is 10.0. The molecule has 2 amide bonds. The van der Waals surface area contributed by atoms with Crippen LogP contribution in [0.3, 0.4) is 0 Å². The molecule has 1 aromatic rings. The fourth-order valence-electron chi connectivity index (χ4n) is 2.80. The van der Waals surface area contributed by atoms with Crippen molar-refractivity contribution in [3.05, 3.63) is 35.9 Å². The number of nitrogens with zero attached hydrogens (tertiary/aromatic N) is 1. The Hall–Kier alpha value is -1.55. The number of benzene rings is 1. The van der Waals surface area contributed by atoms with Crippen molar-refractivity contribution < 1.29 is 4.79 Å². The van der Waals surface area contributed by atoms with Gasteiger partial charge in [0.2, 0.25) is 0 Å². The van der Waals surface area contributed by atoms with Crippen molar-refractivity contribution in [1.29, 1.82) is 0 Å². The van der Waals surface area contributed by atoms with E-state index in [1.165, 1.54) is 5.56 Å². The Morgan fingerprint density at radius 3 is 2.60 bits per heavy atom. The first-order chi connectivity index (χ1) is 9.79. The van der Waals surface area contributed by atoms with Crippen molar-refractivity contribution in [3.63, 3.8) is 0 Å². The predicted molar refractivity (Wildman–Crippen MR) is 79.4 cm³/mol. The van der Waals surface area contributed by atoms with E-state index in [4.69, 9.17) is 0 Å². The van der Waals surface area contributed by atoms with Crippen LogP contribution in [0.15, 0.2) is 30.3 Å². The van der Waals surface area contributed by atoms with E-state index in [0.29, 0.717) is 6.04 Å². The number of carbonyl (C=O) groups excluding carboxylic acids is 1. The summed E-state index contributed by atoms with van der Waals surface area (Å²) in [5.74, 6) is 0. The van der Waals surface area contributed by atoms with Crippen molar-refractivity contribution >= 4 is 6.03 Å². The molecule has 2 N–H and O–H groups in total. The van der Waals surface area contributed by atoms with Gasteiger partial charge in [-0.15, -0.1) is 0 Å². The molecular formula is C16H23N3O. The van der Waals surface area contributed by atoms with Crippen LogP contribution in [0.25, 0.3) is 0 Å². The molecule has 0 bridgehead atoms. The molecule has 1 heterocycles. The second-order valence-electron chi connectivity index (χ2n) is 5.95. The third-order valence-corrected chi connectivity index (χ3v) is 4.00. The van der Waals surface area contributed by atoms with Crippen LogP contribution in [-0.4, -0.2) is 36.1 Å². The summed E-state index contributed by atoms with van der Waals surface area (Å²) in [6.07, 6.45) is 4.51. The van der Waals surface area contributed by atoms with Gasteiger partial charge in [-0.05, 0) is 37.8 Å². The summed E-state index contributed by atoms with van der Waals surface area (Å²) in [6.45, 7) is 3.05. The number of hydrogen-bond acceptors (Lipinski definition) is 2. The molecule has 2 aliphatic rings. The molecule has 4 heteroatoms. The lowest BCUT2D eigenvalue weighted by molar-refractivity contribution is 0.180. The summed E-state index contributed by atoms with van der Waals surface area (Å²) in [5, 5.41) is 6.11. The molecule has 0 spiro atoms. The summed E-state index contributed by atoms with van der Waals surface area (Å²) in [5.41, 5.74) is 1.34. The van der Waals surface area contributed by atoms with E-state index in [-0.39, 0.29) is 12.1 Å². The third kappa shape index (κ3) is 3.97. The van der Waals surface area contributed by atoms with Gasteiger partial charge in [-0.3, -0.25) is 4.90 Å². The fourth-order valence-corrected chi connectivity index (χ4v) is 2.80. The van der Waals surface area contributed by atoms with Crippen molar-refractivity contribution in [2.45, 2.75) is 44.3 Å². The molecule has 0 aromatic heterocycles. The van der Waals surface area contributed by atoms with Gasteiger partial charge in [-0.2, -0.15) is 0 Å². The average molecular weight is 273 g/mol. The van der Waals surface area contributed by atoms with Crippen molar-refractivity contribution in [1.82, 2.24) is 15.5 Å². The summed E-state index contributed by atoms with van der Waals surface area (Å²) < 4.78 is 0. The number of nitrogens with one attached hydrogen (secondary N) is 2. The number of amides is 2. The Labute approximate surface area is 120 Å². The molecule has 0 radical (unpaired) electrons. The van der Waals surface area contributed by atoms with E-state index in [9.17, 15) is 4.79 Å². The van der Waals surface area contributed by atoms with E-state index in [1.807, 2.05) is 6.07 Å². The molecule has 3 rings (SSSR count). The topological polar surface area (TPSA) is 44.4 Å². The molecule has 4 nitrogen and oxygen atoms in total. The first-order valence-electron chi connectivity index (χ1n) is 7.63. The summed E-state index contributed by atoms with van der Waals surface area (Å²) >= 11 is 0. The van der Waals surface area contributed by atoms with Crippen LogP contribution in [-0.2, 0) is 6.54 Å². The Morgan fingerprint density at radius 1 is 1.10 bits per heavy atom. The molecule has 1 saturated heterocycles.